The standard InChI is InChI=1S/C22H23F2N5O/c1-28(2)22-26-10-17(11-27-22)16-7-20(29(13-16)12-14-3-4-14)21(30)25-9-15-5-6-18(23)8-19(15)24/h5-8,10-11,13-14H,3-4,9,12H2,1-2H3,(H,25,30). The molecule has 1 aromatic carbocycles. The van der Waals surface area contributed by atoms with Gasteiger partial charge in [0.15, 0.2) is 0 Å². The molecule has 0 spiro atoms. The Labute approximate surface area is 173 Å². The molecule has 1 saturated carbocycles. The molecule has 2 aromatic heterocycles. The first kappa shape index (κ1) is 20.0. The lowest BCUT2D eigenvalue weighted by Crippen LogP contribution is -2.26. The lowest BCUT2D eigenvalue weighted by molar-refractivity contribution is 0.0941. The van der Waals surface area contributed by atoms with E-state index in [1.54, 1.807) is 18.5 Å². The van der Waals surface area contributed by atoms with Gasteiger partial charge in [-0.05, 0) is 30.9 Å². The zero-order valence-electron chi connectivity index (χ0n) is 16.9. The van der Waals surface area contributed by atoms with E-state index in [4.69, 9.17) is 0 Å². The topological polar surface area (TPSA) is 63.1 Å². The van der Waals surface area contributed by atoms with Gasteiger partial charge < -0.3 is 14.8 Å². The van der Waals surface area contributed by atoms with Crippen molar-refractivity contribution in [1.82, 2.24) is 19.9 Å². The van der Waals surface area contributed by atoms with Crippen LogP contribution in [0.25, 0.3) is 11.1 Å². The molecule has 0 aliphatic heterocycles. The van der Waals surface area contributed by atoms with Crippen molar-refractivity contribution in [2.45, 2.75) is 25.9 Å². The summed E-state index contributed by atoms with van der Waals surface area (Å²) in [6.45, 7) is 0.736. The maximum atomic E-state index is 13.9. The number of rotatable bonds is 7. The molecule has 2 heterocycles. The third-order valence-corrected chi connectivity index (χ3v) is 5.11. The van der Waals surface area contributed by atoms with Crippen LogP contribution in [0.5, 0.6) is 0 Å². The monoisotopic (exact) mass is 411 g/mol. The second kappa shape index (κ2) is 8.22. The summed E-state index contributed by atoms with van der Waals surface area (Å²) in [6.07, 6.45) is 7.69. The van der Waals surface area contributed by atoms with Crippen LogP contribution < -0.4 is 10.2 Å². The largest absolute Gasteiger partial charge is 0.347 e. The van der Waals surface area contributed by atoms with Crippen molar-refractivity contribution < 1.29 is 13.6 Å². The molecular formula is C22H23F2N5O. The zero-order chi connectivity index (χ0) is 21.3. The highest BCUT2D eigenvalue weighted by molar-refractivity contribution is 5.94. The van der Waals surface area contributed by atoms with Crippen LogP contribution in [-0.2, 0) is 13.1 Å². The minimum atomic E-state index is -0.678. The average Bonchev–Trinajstić information content (AvgIpc) is 3.43. The van der Waals surface area contributed by atoms with Gasteiger partial charge in [0.1, 0.15) is 17.3 Å². The van der Waals surface area contributed by atoms with E-state index in [1.807, 2.05) is 29.8 Å². The lowest BCUT2D eigenvalue weighted by atomic mass is 10.2. The molecule has 6 nitrogen and oxygen atoms in total. The van der Waals surface area contributed by atoms with Gasteiger partial charge in [0.2, 0.25) is 5.95 Å². The van der Waals surface area contributed by atoms with E-state index in [-0.39, 0.29) is 18.0 Å². The Bertz CT molecular complexity index is 1060. The van der Waals surface area contributed by atoms with E-state index >= 15 is 0 Å². The van der Waals surface area contributed by atoms with Crippen molar-refractivity contribution in [2.24, 2.45) is 5.92 Å². The summed E-state index contributed by atoms with van der Waals surface area (Å²) >= 11 is 0. The first-order valence-corrected chi connectivity index (χ1v) is 9.83. The molecule has 1 fully saturated rings. The Morgan fingerprint density at radius 3 is 2.53 bits per heavy atom. The molecule has 1 aliphatic carbocycles. The van der Waals surface area contributed by atoms with Crippen LogP contribution >= 0.6 is 0 Å². The zero-order valence-corrected chi connectivity index (χ0v) is 16.9. The summed E-state index contributed by atoms with van der Waals surface area (Å²) in [6, 6.07) is 5.12. The Kier molecular flexibility index (Phi) is 5.48. The number of carbonyl (C=O) groups is 1. The summed E-state index contributed by atoms with van der Waals surface area (Å²) in [5.74, 6) is -0.457. The number of hydrogen-bond donors (Lipinski definition) is 1. The van der Waals surface area contributed by atoms with E-state index in [9.17, 15) is 13.6 Å². The van der Waals surface area contributed by atoms with Crippen molar-refractivity contribution >= 4 is 11.9 Å². The van der Waals surface area contributed by atoms with E-state index < -0.39 is 11.6 Å². The lowest BCUT2D eigenvalue weighted by Gasteiger charge is -2.10. The minimum Gasteiger partial charge on any atom is -0.347 e. The Morgan fingerprint density at radius 1 is 1.17 bits per heavy atom. The van der Waals surface area contributed by atoms with E-state index in [0.29, 0.717) is 17.6 Å². The normalized spacial score (nSPS) is 13.3. The first-order chi connectivity index (χ1) is 14.4. The number of anilines is 1. The van der Waals surface area contributed by atoms with Crippen molar-refractivity contribution in [3.05, 3.63) is 65.7 Å². The van der Waals surface area contributed by atoms with Crippen molar-refractivity contribution in [1.29, 1.82) is 0 Å². The molecule has 0 saturated heterocycles. The quantitative estimate of drug-likeness (QED) is 0.645. The second-order valence-corrected chi connectivity index (χ2v) is 7.79. The number of carbonyl (C=O) groups excluding carboxylic acids is 1. The number of aromatic nitrogens is 3. The van der Waals surface area contributed by atoms with E-state index in [2.05, 4.69) is 15.3 Å². The minimum absolute atomic E-state index is 0.0183. The maximum Gasteiger partial charge on any atom is 0.268 e. The highest BCUT2D eigenvalue weighted by atomic mass is 19.1. The molecule has 0 radical (unpaired) electrons. The van der Waals surface area contributed by atoms with Gasteiger partial charge in [-0.15, -0.1) is 0 Å². The number of amides is 1. The third kappa shape index (κ3) is 4.48. The predicted octanol–water partition coefficient (Wildman–Crippen LogP) is 3.63. The number of nitrogens with one attached hydrogen (secondary N) is 1. The number of halogens is 2. The molecule has 1 N–H and O–H groups in total. The molecule has 1 amide bonds. The van der Waals surface area contributed by atoms with Crippen LogP contribution in [-0.4, -0.2) is 34.5 Å². The van der Waals surface area contributed by atoms with Gasteiger partial charge in [-0.1, -0.05) is 6.07 Å². The summed E-state index contributed by atoms with van der Waals surface area (Å²) in [5, 5.41) is 2.74. The van der Waals surface area contributed by atoms with Crippen LogP contribution in [0.2, 0.25) is 0 Å². The fourth-order valence-corrected chi connectivity index (χ4v) is 3.22. The predicted molar refractivity (Wildman–Crippen MR) is 110 cm³/mol. The fourth-order valence-electron chi connectivity index (χ4n) is 3.22. The molecule has 30 heavy (non-hydrogen) atoms. The molecule has 3 aromatic rings. The van der Waals surface area contributed by atoms with Crippen LogP contribution in [0.3, 0.4) is 0 Å². The molecule has 4 rings (SSSR count). The highest BCUT2D eigenvalue weighted by Crippen LogP contribution is 2.32. The van der Waals surface area contributed by atoms with Gasteiger partial charge >= 0.3 is 0 Å². The summed E-state index contributed by atoms with van der Waals surface area (Å²) in [5.41, 5.74) is 2.39. The molecule has 0 unspecified atom stereocenters. The molecule has 0 atom stereocenters. The molecule has 156 valence electrons. The second-order valence-electron chi connectivity index (χ2n) is 7.79. The number of hydrogen-bond acceptors (Lipinski definition) is 4. The molecule has 0 bridgehead atoms. The Morgan fingerprint density at radius 2 is 1.90 bits per heavy atom. The first-order valence-electron chi connectivity index (χ1n) is 9.83. The van der Waals surface area contributed by atoms with Gasteiger partial charge in [0, 0.05) is 68.5 Å². The van der Waals surface area contributed by atoms with Crippen LogP contribution in [0, 0.1) is 17.6 Å². The van der Waals surface area contributed by atoms with Crippen LogP contribution in [0.4, 0.5) is 14.7 Å². The van der Waals surface area contributed by atoms with Gasteiger partial charge in [-0.25, -0.2) is 18.7 Å². The van der Waals surface area contributed by atoms with Crippen LogP contribution in [0.15, 0.2) is 42.9 Å². The van der Waals surface area contributed by atoms with Crippen LogP contribution in [0.1, 0.15) is 28.9 Å². The highest BCUT2D eigenvalue weighted by Gasteiger charge is 2.25. The summed E-state index contributed by atoms with van der Waals surface area (Å²) < 4.78 is 28.9. The molecule has 1 aliphatic rings. The maximum absolute atomic E-state index is 13.9. The molecular weight excluding hydrogens is 388 g/mol. The number of nitrogens with zero attached hydrogens (tertiary/aromatic N) is 4. The van der Waals surface area contributed by atoms with E-state index in [0.717, 1.165) is 36.6 Å². The van der Waals surface area contributed by atoms with Crippen molar-refractivity contribution in [3.8, 4) is 11.1 Å². The smallest absolute Gasteiger partial charge is 0.268 e. The average molecular weight is 411 g/mol. The van der Waals surface area contributed by atoms with E-state index in [1.165, 1.54) is 12.1 Å². The number of benzene rings is 1. The summed E-state index contributed by atoms with van der Waals surface area (Å²) in [4.78, 5) is 23.3. The van der Waals surface area contributed by atoms with Gasteiger partial charge in [0.25, 0.3) is 5.91 Å². The third-order valence-electron chi connectivity index (χ3n) is 5.11. The van der Waals surface area contributed by atoms with Gasteiger partial charge in [0.05, 0.1) is 0 Å². The Balaban J connectivity index is 1.55. The summed E-state index contributed by atoms with van der Waals surface area (Å²) in [7, 11) is 3.74. The van der Waals surface area contributed by atoms with Gasteiger partial charge in [-0.3, -0.25) is 4.79 Å². The Hall–Kier alpha value is -3.29. The fraction of sp³-hybridized carbons (Fsp3) is 0.318. The van der Waals surface area contributed by atoms with Crippen molar-refractivity contribution in [2.75, 3.05) is 19.0 Å². The van der Waals surface area contributed by atoms with Gasteiger partial charge in [-0.2, -0.15) is 0 Å². The molecule has 8 heteroatoms. The van der Waals surface area contributed by atoms with Crippen molar-refractivity contribution in [3.63, 3.8) is 0 Å². The SMILES string of the molecule is CN(C)c1ncc(-c2cc(C(=O)NCc3ccc(F)cc3F)n(CC3CC3)c2)cn1.